The molecule has 1 aliphatic rings. The number of fused-ring (bicyclic) bond motifs is 1. The maximum Gasteiger partial charge on any atom is 0.290 e. The first-order chi connectivity index (χ1) is 14.4. The zero-order valence-electron chi connectivity index (χ0n) is 16.5. The molecule has 0 radical (unpaired) electrons. The molecule has 164 valence electrons. The third-order valence-electron chi connectivity index (χ3n) is 4.89. The Hall–Kier alpha value is -2.23. The fourth-order valence-electron chi connectivity index (χ4n) is 3.33. The van der Waals surface area contributed by atoms with Gasteiger partial charge in [0.05, 0.1) is 28.8 Å². The first-order valence-corrected chi connectivity index (χ1v) is 11.3. The number of ether oxygens (including phenoxy) is 1. The molecule has 1 aromatic heterocycles. The number of sulfonamides is 1. The Morgan fingerprint density at radius 3 is 2.55 bits per heavy atom. The number of halogens is 2. The molecule has 1 fully saturated rings. The number of nitrogens with one attached hydrogen (secondary N) is 1. The highest BCUT2D eigenvalue weighted by molar-refractivity contribution is 7.89. The fraction of sp³-hybridized carbons (Fsp3) is 0.238. The topological polar surface area (TPSA) is 79.6 Å². The van der Waals surface area contributed by atoms with Crippen LogP contribution in [0.25, 0.3) is 10.8 Å². The van der Waals surface area contributed by atoms with Crippen LogP contribution in [0.3, 0.4) is 0 Å². The van der Waals surface area contributed by atoms with Gasteiger partial charge in [0.15, 0.2) is 12.4 Å². The SMILES string of the molecule is O=C(C[n+]1ccc2ccccc2c1)Nc1cc(S(=O)(=O)N2CCOCC2)ccc1Cl.[Cl-]. The minimum absolute atomic E-state index is 0. The lowest BCUT2D eigenvalue weighted by Gasteiger charge is -2.26. The van der Waals surface area contributed by atoms with Crippen molar-refractivity contribution in [2.45, 2.75) is 11.4 Å². The van der Waals surface area contributed by atoms with Gasteiger partial charge in [-0.05, 0) is 29.7 Å². The van der Waals surface area contributed by atoms with E-state index in [1.54, 1.807) is 4.57 Å². The predicted octanol–water partition coefficient (Wildman–Crippen LogP) is -0.556. The zero-order chi connectivity index (χ0) is 21.1. The second kappa shape index (κ2) is 9.93. The molecule has 10 heteroatoms. The number of aromatic nitrogens is 1. The van der Waals surface area contributed by atoms with E-state index in [2.05, 4.69) is 5.32 Å². The van der Waals surface area contributed by atoms with Crippen LogP contribution in [0, 0.1) is 0 Å². The monoisotopic (exact) mass is 481 g/mol. The molecule has 0 spiro atoms. The lowest BCUT2D eigenvalue weighted by molar-refractivity contribution is -0.682. The average molecular weight is 482 g/mol. The molecule has 0 bridgehead atoms. The van der Waals surface area contributed by atoms with Crippen molar-refractivity contribution in [2.75, 3.05) is 31.6 Å². The molecular formula is C21H21Cl2N3O4S. The minimum Gasteiger partial charge on any atom is -1.00 e. The molecule has 3 aromatic rings. The largest absolute Gasteiger partial charge is 1.00 e. The lowest BCUT2D eigenvalue weighted by Crippen LogP contribution is -3.00. The summed E-state index contributed by atoms with van der Waals surface area (Å²) in [5.74, 6) is -0.307. The first kappa shape index (κ1) is 23.4. The third-order valence-corrected chi connectivity index (χ3v) is 7.12. The molecular weight excluding hydrogens is 461 g/mol. The second-order valence-electron chi connectivity index (χ2n) is 6.95. The van der Waals surface area contributed by atoms with E-state index in [1.165, 1.54) is 22.5 Å². The molecule has 0 aliphatic carbocycles. The van der Waals surface area contributed by atoms with Crippen molar-refractivity contribution in [1.82, 2.24) is 4.31 Å². The van der Waals surface area contributed by atoms with Crippen LogP contribution in [-0.2, 0) is 26.1 Å². The zero-order valence-corrected chi connectivity index (χ0v) is 18.8. The molecule has 1 N–H and O–H groups in total. The van der Waals surface area contributed by atoms with Crippen molar-refractivity contribution in [1.29, 1.82) is 0 Å². The highest BCUT2D eigenvalue weighted by atomic mass is 35.5. The van der Waals surface area contributed by atoms with Gasteiger partial charge in [0.1, 0.15) is 0 Å². The molecule has 1 amide bonds. The van der Waals surface area contributed by atoms with Crippen molar-refractivity contribution in [3.63, 3.8) is 0 Å². The van der Waals surface area contributed by atoms with Gasteiger partial charge in [-0.1, -0.05) is 29.8 Å². The number of morpholine rings is 1. The highest BCUT2D eigenvalue weighted by Gasteiger charge is 2.27. The summed E-state index contributed by atoms with van der Waals surface area (Å²) in [6.45, 7) is 1.39. The summed E-state index contributed by atoms with van der Waals surface area (Å²) < 4.78 is 34.1. The molecule has 1 saturated heterocycles. The number of hydrogen-bond acceptors (Lipinski definition) is 4. The van der Waals surface area contributed by atoms with Crippen molar-refractivity contribution < 1.29 is 34.9 Å². The number of pyridine rings is 1. The smallest absolute Gasteiger partial charge is 0.290 e. The number of rotatable bonds is 5. The van der Waals surface area contributed by atoms with Crippen molar-refractivity contribution in [3.8, 4) is 0 Å². The molecule has 2 heterocycles. The Labute approximate surface area is 192 Å². The Kier molecular flexibility index (Phi) is 7.51. The quantitative estimate of drug-likeness (QED) is 0.495. The van der Waals surface area contributed by atoms with Crippen LogP contribution in [0.1, 0.15) is 0 Å². The molecule has 0 unspecified atom stereocenters. The Morgan fingerprint density at radius 2 is 1.81 bits per heavy atom. The lowest BCUT2D eigenvalue weighted by atomic mass is 10.2. The van der Waals surface area contributed by atoms with Gasteiger partial charge in [0.2, 0.25) is 16.6 Å². The second-order valence-corrected chi connectivity index (χ2v) is 9.30. The van der Waals surface area contributed by atoms with Gasteiger partial charge in [0.25, 0.3) is 5.91 Å². The fourth-order valence-corrected chi connectivity index (χ4v) is 4.93. The van der Waals surface area contributed by atoms with Crippen LogP contribution in [-0.4, -0.2) is 44.9 Å². The number of nitrogens with zero attached hydrogens (tertiary/aromatic N) is 2. The van der Waals surface area contributed by atoms with Gasteiger partial charge >= 0.3 is 0 Å². The van der Waals surface area contributed by atoms with Crippen molar-refractivity contribution >= 4 is 44.0 Å². The summed E-state index contributed by atoms with van der Waals surface area (Å²) in [5.41, 5.74) is 0.261. The van der Waals surface area contributed by atoms with Crippen molar-refractivity contribution in [2.24, 2.45) is 0 Å². The third kappa shape index (κ3) is 5.34. The number of amides is 1. The van der Waals surface area contributed by atoms with E-state index < -0.39 is 10.0 Å². The molecule has 31 heavy (non-hydrogen) atoms. The summed E-state index contributed by atoms with van der Waals surface area (Å²) >= 11 is 6.21. The maximum absolute atomic E-state index is 12.9. The van der Waals surface area contributed by atoms with Gasteiger partial charge in [-0.2, -0.15) is 8.87 Å². The van der Waals surface area contributed by atoms with Gasteiger partial charge in [-0.15, -0.1) is 0 Å². The first-order valence-electron chi connectivity index (χ1n) is 9.49. The standard InChI is InChI=1S/C21H20ClN3O4S.ClH/c22-19-6-5-18(30(27,28)25-9-11-29-12-10-25)13-20(19)23-21(26)15-24-8-7-16-3-1-2-4-17(16)14-24;/h1-8,13-14H,9-12,15H2;1H. The summed E-state index contributed by atoms with van der Waals surface area (Å²) in [6.07, 6.45) is 3.71. The molecule has 1 aliphatic heterocycles. The highest BCUT2D eigenvalue weighted by Crippen LogP contribution is 2.27. The van der Waals surface area contributed by atoms with Gasteiger partial charge in [0, 0.05) is 24.5 Å². The molecule has 7 nitrogen and oxygen atoms in total. The van der Waals surface area contributed by atoms with E-state index in [0.29, 0.717) is 26.3 Å². The van der Waals surface area contributed by atoms with E-state index >= 15 is 0 Å². The van der Waals surface area contributed by atoms with Gasteiger partial charge in [-0.3, -0.25) is 4.79 Å². The molecule has 0 atom stereocenters. The van der Waals surface area contributed by atoms with Gasteiger partial charge < -0.3 is 22.5 Å². The van der Waals surface area contributed by atoms with Crippen molar-refractivity contribution in [3.05, 3.63) is 65.9 Å². The minimum atomic E-state index is -3.68. The Bertz CT molecular complexity index is 1200. The van der Waals surface area contributed by atoms with Crippen LogP contribution < -0.4 is 22.3 Å². The number of hydrogen-bond donors (Lipinski definition) is 1. The number of carbonyl (C=O) groups is 1. The molecule has 0 saturated carbocycles. The number of benzene rings is 2. The summed E-state index contributed by atoms with van der Waals surface area (Å²) in [5, 5.41) is 5.09. The Balaban J connectivity index is 0.00000272. The van der Waals surface area contributed by atoms with Crippen LogP contribution in [0.5, 0.6) is 0 Å². The van der Waals surface area contributed by atoms with E-state index in [4.69, 9.17) is 16.3 Å². The summed E-state index contributed by atoms with van der Waals surface area (Å²) in [4.78, 5) is 12.7. The van der Waals surface area contributed by atoms with E-state index in [1.807, 2.05) is 42.7 Å². The van der Waals surface area contributed by atoms with E-state index in [0.717, 1.165) is 10.8 Å². The normalized spacial score (nSPS) is 14.7. The Morgan fingerprint density at radius 1 is 1.10 bits per heavy atom. The number of carbonyl (C=O) groups excluding carboxylic acids is 1. The summed E-state index contributed by atoms with van der Waals surface area (Å²) in [6, 6.07) is 14.1. The molecule has 2 aromatic carbocycles. The maximum atomic E-state index is 12.9. The van der Waals surface area contributed by atoms with Crippen LogP contribution in [0.2, 0.25) is 5.02 Å². The summed E-state index contributed by atoms with van der Waals surface area (Å²) in [7, 11) is -3.68. The van der Waals surface area contributed by atoms with Gasteiger partial charge in [-0.25, -0.2) is 8.42 Å². The van der Waals surface area contributed by atoms with Crippen LogP contribution >= 0.6 is 11.6 Å². The predicted molar refractivity (Wildman–Crippen MR) is 114 cm³/mol. The van der Waals surface area contributed by atoms with Crippen LogP contribution in [0.4, 0.5) is 5.69 Å². The number of anilines is 1. The van der Waals surface area contributed by atoms with Crippen LogP contribution in [0.15, 0.2) is 65.8 Å². The molecule has 4 rings (SSSR count). The van der Waals surface area contributed by atoms with E-state index in [-0.39, 0.29) is 40.5 Å². The average Bonchev–Trinajstić information content (AvgIpc) is 2.75. The van der Waals surface area contributed by atoms with E-state index in [9.17, 15) is 13.2 Å².